The molecule has 0 amide bonds. The maximum absolute atomic E-state index is 14.1. The highest BCUT2D eigenvalue weighted by molar-refractivity contribution is 5.17. The van der Waals surface area contributed by atoms with Crippen molar-refractivity contribution in [1.29, 1.82) is 0 Å². The zero-order valence-electron chi connectivity index (χ0n) is 23.9. The van der Waals surface area contributed by atoms with Gasteiger partial charge in [-0.1, -0.05) is 12.1 Å². The third kappa shape index (κ3) is 10.2. The third-order valence-corrected chi connectivity index (χ3v) is 7.21. The summed E-state index contributed by atoms with van der Waals surface area (Å²) in [5.41, 5.74) is 1.25. The van der Waals surface area contributed by atoms with E-state index >= 15 is 0 Å². The van der Waals surface area contributed by atoms with Crippen LogP contribution in [0.4, 0.5) is 26.3 Å². The van der Waals surface area contributed by atoms with Gasteiger partial charge in [0.1, 0.15) is 0 Å². The molecule has 2 saturated heterocycles. The van der Waals surface area contributed by atoms with E-state index in [0.29, 0.717) is 36.0 Å². The summed E-state index contributed by atoms with van der Waals surface area (Å²) in [4.78, 5) is 11.4. The molecule has 0 N–H and O–H groups in total. The molecule has 2 aromatic rings. The van der Waals surface area contributed by atoms with Crippen molar-refractivity contribution in [3.8, 4) is 11.8 Å². The summed E-state index contributed by atoms with van der Waals surface area (Å²) < 4.78 is 111. The molecule has 0 aliphatic carbocycles. The summed E-state index contributed by atoms with van der Waals surface area (Å²) in [6.45, 7) is -0.859. The van der Waals surface area contributed by atoms with Crippen LogP contribution in [0.25, 0.3) is 0 Å². The van der Waals surface area contributed by atoms with Gasteiger partial charge in [-0.3, -0.25) is 9.80 Å². The van der Waals surface area contributed by atoms with Gasteiger partial charge in [0, 0.05) is 75.6 Å². The van der Waals surface area contributed by atoms with Gasteiger partial charge in [0.25, 0.3) is 0 Å². The van der Waals surface area contributed by atoms with Crippen LogP contribution < -0.4 is 9.47 Å². The Morgan fingerprint density at radius 3 is 1.53 bits per heavy atom. The fourth-order valence-electron chi connectivity index (χ4n) is 5.09. The van der Waals surface area contributed by atoms with Gasteiger partial charge in [0.15, 0.2) is 12.2 Å². The molecule has 9 nitrogen and oxygen atoms in total. The van der Waals surface area contributed by atoms with E-state index in [1.165, 1.54) is 24.0 Å². The van der Waals surface area contributed by atoms with Crippen LogP contribution in [-0.2, 0) is 27.1 Å². The Balaban J connectivity index is 1.38. The number of halogens is 6. The normalized spacial score (nSPS) is 22.2. The smallest absolute Gasteiger partial charge is 0.415 e. The standard InChI is InChI=1S/C28H36F6N4O5/c1-39-25-7-3-5-19(35-25)13-21-15-37(9-11-41-21)17-23(27(29,30)31)43-24(28(32,33)34)18-38-10-12-42-22(16-38)14-20-6-4-8-26(36-20)40-2/h3-8,21-24H,9-18H2,1-2H3/t21-,22-,23+,24+/m1/s1. The highest BCUT2D eigenvalue weighted by Crippen LogP contribution is 2.32. The van der Waals surface area contributed by atoms with E-state index in [1.54, 1.807) is 36.4 Å². The fourth-order valence-corrected chi connectivity index (χ4v) is 5.09. The van der Waals surface area contributed by atoms with Crippen molar-refractivity contribution < 1.29 is 50.0 Å². The Kier molecular flexibility index (Phi) is 11.5. The van der Waals surface area contributed by atoms with E-state index in [4.69, 9.17) is 23.7 Å². The molecule has 240 valence electrons. The molecule has 0 aromatic carbocycles. The average Bonchev–Trinajstić information content (AvgIpc) is 2.96. The first-order chi connectivity index (χ1) is 20.4. The highest BCUT2D eigenvalue weighted by Gasteiger charge is 2.50. The Morgan fingerprint density at radius 2 is 1.16 bits per heavy atom. The van der Waals surface area contributed by atoms with Crippen LogP contribution in [0, 0.1) is 0 Å². The van der Waals surface area contributed by atoms with E-state index in [-0.39, 0.29) is 39.4 Å². The zero-order valence-corrected chi connectivity index (χ0v) is 23.9. The van der Waals surface area contributed by atoms with Crippen LogP contribution in [0.3, 0.4) is 0 Å². The van der Waals surface area contributed by atoms with Crippen LogP contribution in [0.5, 0.6) is 11.8 Å². The van der Waals surface area contributed by atoms with Gasteiger partial charge in [-0.25, -0.2) is 9.97 Å². The van der Waals surface area contributed by atoms with Crippen molar-refractivity contribution in [2.75, 3.05) is 66.7 Å². The number of ether oxygens (including phenoxy) is 5. The Bertz CT molecular complexity index is 1070. The molecule has 0 radical (unpaired) electrons. The third-order valence-electron chi connectivity index (χ3n) is 7.21. The van der Waals surface area contributed by atoms with Crippen LogP contribution in [0.15, 0.2) is 36.4 Å². The molecule has 2 aliphatic rings. The first kappa shape index (κ1) is 33.2. The van der Waals surface area contributed by atoms with Crippen molar-refractivity contribution in [1.82, 2.24) is 19.8 Å². The minimum absolute atomic E-state index is 0.0783. The number of morpholine rings is 2. The van der Waals surface area contributed by atoms with Crippen molar-refractivity contribution >= 4 is 0 Å². The minimum atomic E-state index is -5.02. The number of nitrogens with zero attached hydrogens (tertiary/aromatic N) is 4. The molecule has 2 fully saturated rings. The summed E-state index contributed by atoms with van der Waals surface area (Å²) in [6.07, 6.45) is -15.7. The Morgan fingerprint density at radius 1 is 0.744 bits per heavy atom. The van der Waals surface area contributed by atoms with Crippen LogP contribution in [-0.4, -0.2) is 123 Å². The lowest BCUT2D eigenvalue weighted by Crippen LogP contribution is -2.55. The SMILES string of the molecule is COc1cccc(C[C@@H]2CN(C[C@H](O[C@@H](CN3CCO[C@H](Cc4cccc(OC)n4)C3)C(F)(F)F)C(F)(F)F)CCO2)n1. The lowest BCUT2D eigenvalue weighted by Gasteiger charge is -2.38. The number of hydrogen-bond donors (Lipinski definition) is 0. The van der Waals surface area contributed by atoms with Gasteiger partial charge in [-0.05, 0) is 12.1 Å². The molecule has 0 bridgehead atoms. The number of aromatic nitrogens is 2. The summed E-state index contributed by atoms with van der Waals surface area (Å²) in [5.74, 6) is 0.773. The predicted octanol–water partition coefficient (Wildman–Crippen LogP) is 3.56. The number of methoxy groups -OCH3 is 2. The number of hydrogen-bond acceptors (Lipinski definition) is 9. The van der Waals surface area contributed by atoms with Crippen molar-refractivity contribution in [2.24, 2.45) is 0 Å². The summed E-state index contributed by atoms with van der Waals surface area (Å²) in [6, 6.07) is 10.3. The molecule has 2 aliphatic heterocycles. The molecule has 0 unspecified atom stereocenters. The van der Waals surface area contributed by atoms with Gasteiger partial charge in [-0.2, -0.15) is 26.3 Å². The summed E-state index contributed by atoms with van der Waals surface area (Å²) in [7, 11) is 2.93. The lowest BCUT2D eigenvalue weighted by atomic mass is 10.1. The van der Waals surface area contributed by atoms with Crippen molar-refractivity contribution in [3.05, 3.63) is 47.8 Å². The van der Waals surface area contributed by atoms with Crippen LogP contribution in [0.1, 0.15) is 11.4 Å². The zero-order chi connectivity index (χ0) is 31.0. The summed E-state index contributed by atoms with van der Waals surface area (Å²) >= 11 is 0. The van der Waals surface area contributed by atoms with E-state index < -0.39 is 49.9 Å². The highest BCUT2D eigenvalue weighted by atomic mass is 19.4. The minimum Gasteiger partial charge on any atom is -0.481 e. The molecule has 4 rings (SSSR count). The maximum Gasteiger partial charge on any atom is 0.415 e. The first-order valence-electron chi connectivity index (χ1n) is 13.9. The van der Waals surface area contributed by atoms with Crippen molar-refractivity contribution in [3.63, 3.8) is 0 Å². The van der Waals surface area contributed by atoms with E-state index in [2.05, 4.69) is 9.97 Å². The first-order valence-corrected chi connectivity index (χ1v) is 13.9. The van der Waals surface area contributed by atoms with Crippen LogP contribution >= 0.6 is 0 Å². The van der Waals surface area contributed by atoms with Gasteiger partial charge in [0.05, 0.1) is 39.6 Å². The molecule has 4 heterocycles. The van der Waals surface area contributed by atoms with Gasteiger partial charge < -0.3 is 23.7 Å². The van der Waals surface area contributed by atoms with Gasteiger partial charge in [0.2, 0.25) is 11.8 Å². The van der Waals surface area contributed by atoms with Gasteiger partial charge >= 0.3 is 12.4 Å². The molecular weight excluding hydrogens is 586 g/mol. The largest absolute Gasteiger partial charge is 0.481 e. The number of alkyl halides is 6. The van der Waals surface area contributed by atoms with Crippen molar-refractivity contribution in [2.45, 2.75) is 49.6 Å². The fraction of sp³-hybridized carbons (Fsp3) is 0.643. The van der Waals surface area contributed by atoms with Gasteiger partial charge in [-0.15, -0.1) is 0 Å². The molecule has 43 heavy (non-hydrogen) atoms. The van der Waals surface area contributed by atoms with E-state index in [1.807, 2.05) is 0 Å². The van der Waals surface area contributed by atoms with E-state index in [9.17, 15) is 26.3 Å². The molecule has 4 atom stereocenters. The quantitative estimate of drug-likeness (QED) is 0.331. The van der Waals surface area contributed by atoms with Crippen LogP contribution in [0.2, 0.25) is 0 Å². The second-order valence-corrected chi connectivity index (χ2v) is 10.5. The average molecular weight is 623 g/mol. The monoisotopic (exact) mass is 622 g/mol. The molecule has 2 aromatic heterocycles. The molecular formula is C28H36F6N4O5. The Hall–Kier alpha value is -2.72. The maximum atomic E-state index is 14.1. The predicted molar refractivity (Wildman–Crippen MR) is 142 cm³/mol. The topological polar surface area (TPSA) is 78.4 Å². The lowest BCUT2D eigenvalue weighted by molar-refractivity contribution is -0.292. The number of rotatable bonds is 12. The Labute approximate surface area is 246 Å². The summed E-state index contributed by atoms with van der Waals surface area (Å²) in [5, 5.41) is 0. The van der Waals surface area contributed by atoms with E-state index in [0.717, 1.165) is 0 Å². The second-order valence-electron chi connectivity index (χ2n) is 10.5. The molecule has 15 heteroatoms. The number of pyridine rings is 2. The molecule has 0 spiro atoms. The second kappa shape index (κ2) is 14.8. The molecule has 0 saturated carbocycles.